The maximum atomic E-state index is 12.2. The Labute approximate surface area is 118 Å². The summed E-state index contributed by atoms with van der Waals surface area (Å²) >= 11 is 0. The molecule has 1 aliphatic carbocycles. The van der Waals surface area contributed by atoms with Crippen LogP contribution in [0.5, 0.6) is 0 Å². The van der Waals surface area contributed by atoms with Crippen LogP contribution in [0, 0.1) is 11.3 Å². The van der Waals surface area contributed by atoms with Gasteiger partial charge in [-0.1, -0.05) is 6.92 Å². The Hall–Kier alpha value is -0.780. The van der Waals surface area contributed by atoms with Crippen LogP contribution < -0.4 is 11.1 Å². The highest BCUT2D eigenvalue weighted by atomic mass is 19.4. The van der Waals surface area contributed by atoms with Crippen LogP contribution in [0.25, 0.3) is 0 Å². The van der Waals surface area contributed by atoms with E-state index in [1.165, 1.54) is 0 Å². The molecule has 6 heteroatoms. The zero-order chi connectivity index (χ0) is 15.2. The minimum absolute atomic E-state index is 0.0520. The van der Waals surface area contributed by atoms with Crippen molar-refractivity contribution >= 4 is 5.91 Å². The second kappa shape index (κ2) is 7.29. The maximum absolute atomic E-state index is 12.2. The summed E-state index contributed by atoms with van der Waals surface area (Å²) in [7, 11) is 0. The van der Waals surface area contributed by atoms with Crippen molar-refractivity contribution in [2.45, 2.75) is 58.0 Å². The van der Waals surface area contributed by atoms with Crippen LogP contribution in [0.4, 0.5) is 13.2 Å². The second-order valence-electron chi connectivity index (χ2n) is 6.00. The van der Waals surface area contributed by atoms with Crippen LogP contribution in [-0.4, -0.2) is 25.2 Å². The number of rotatable bonds is 6. The number of alkyl halides is 3. The molecule has 0 spiro atoms. The fraction of sp³-hybridized carbons (Fsp3) is 0.929. The van der Waals surface area contributed by atoms with E-state index in [1.54, 1.807) is 0 Å². The van der Waals surface area contributed by atoms with Gasteiger partial charge in [-0.2, -0.15) is 13.2 Å². The number of nitrogens with one attached hydrogen (secondary N) is 1. The van der Waals surface area contributed by atoms with Crippen molar-refractivity contribution in [3.63, 3.8) is 0 Å². The fourth-order valence-corrected chi connectivity index (χ4v) is 2.68. The lowest BCUT2D eigenvalue weighted by Crippen LogP contribution is -2.48. The van der Waals surface area contributed by atoms with Gasteiger partial charge in [0, 0.05) is 19.5 Å². The molecule has 118 valence electrons. The minimum atomic E-state index is -4.11. The van der Waals surface area contributed by atoms with Gasteiger partial charge in [-0.15, -0.1) is 0 Å². The monoisotopic (exact) mass is 294 g/mol. The molecule has 0 saturated heterocycles. The second-order valence-corrected chi connectivity index (χ2v) is 6.00. The van der Waals surface area contributed by atoms with E-state index in [9.17, 15) is 18.0 Å². The molecule has 0 aliphatic heterocycles. The van der Waals surface area contributed by atoms with Crippen molar-refractivity contribution in [2.75, 3.05) is 13.1 Å². The predicted octanol–water partition coefficient (Wildman–Crippen LogP) is 2.99. The standard InChI is InChI=1S/C14H25F3N2O/c1-11-4-7-13(10-18,8-5-11)12(20)19-9-3-2-6-14(15,16)17/h11H,2-10,18H2,1H3,(H,19,20). The molecule has 20 heavy (non-hydrogen) atoms. The Balaban J connectivity index is 2.30. The van der Waals surface area contributed by atoms with Crippen molar-refractivity contribution in [1.29, 1.82) is 0 Å². The van der Waals surface area contributed by atoms with Gasteiger partial charge in [0.2, 0.25) is 5.91 Å². The number of carbonyl (C=O) groups excluding carboxylic acids is 1. The molecule has 0 unspecified atom stereocenters. The zero-order valence-corrected chi connectivity index (χ0v) is 12.1. The Morgan fingerprint density at radius 3 is 2.40 bits per heavy atom. The van der Waals surface area contributed by atoms with E-state index < -0.39 is 18.0 Å². The Kier molecular flexibility index (Phi) is 6.30. The summed E-state index contributed by atoms with van der Waals surface area (Å²) in [5, 5.41) is 2.76. The molecule has 1 aliphatic rings. The number of hydrogen-bond donors (Lipinski definition) is 2. The maximum Gasteiger partial charge on any atom is 0.389 e. The Morgan fingerprint density at radius 1 is 1.30 bits per heavy atom. The fourth-order valence-electron chi connectivity index (χ4n) is 2.68. The van der Waals surface area contributed by atoms with Gasteiger partial charge >= 0.3 is 6.18 Å². The summed E-state index contributed by atoms with van der Waals surface area (Å²) in [6.07, 6.45) is -0.974. The molecule has 0 atom stereocenters. The van der Waals surface area contributed by atoms with E-state index in [1.807, 2.05) is 0 Å². The van der Waals surface area contributed by atoms with Crippen molar-refractivity contribution in [2.24, 2.45) is 17.1 Å². The zero-order valence-electron chi connectivity index (χ0n) is 12.1. The molecule has 1 fully saturated rings. The van der Waals surface area contributed by atoms with Gasteiger partial charge in [-0.05, 0) is 44.4 Å². The molecule has 0 aromatic carbocycles. The number of carbonyl (C=O) groups is 1. The van der Waals surface area contributed by atoms with Crippen molar-refractivity contribution in [3.05, 3.63) is 0 Å². The van der Waals surface area contributed by atoms with Crippen molar-refractivity contribution in [1.82, 2.24) is 5.32 Å². The van der Waals surface area contributed by atoms with E-state index >= 15 is 0 Å². The van der Waals surface area contributed by atoms with Crippen LogP contribution in [0.2, 0.25) is 0 Å². The largest absolute Gasteiger partial charge is 0.389 e. The van der Waals surface area contributed by atoms with Crippen LogP contribution in [0.3, 0.4) is 0 Å². The Morgan fingerprint density at radius 2 is 1.90 bits per heavy atom. The summed E-state index contributed by atoms with van der Waals surface area (Å²) in [6, 6.07) is 0. The van der Waals surface area contributed by atoms with Gasteiger partial charge in [0.15, 0.2) is 0 Å². The number of unbranched alkanes of at least 4 members (excludes halogenated alkanes) is 1. The quantitative estimate of drug-likeness (QED) is 0.740. The highest BCUT2D eigenvalue weighted by molar-refractivity contribution is 5.83. The number of hydrogen-bond acceptors (Lipinski definition) is 2. The number of nitrogens with two attached hydrogens (primary N) is 1. The van der Waals surface area contributed by atoms with E-state index in [0.29, 0.717) is 25.4 Å². The predicted molar refractivity (Wildman–Crippen MR) is 72.0 cm³/mol. The summed E-state index contributed by atoms with van der Waals surface area (Å²) in [6.45, 7) is 2.77. The first-order valence-corrected chi connectivity index (χ1v) is 7.34. The molecule has 3 nitrogen and oxygen atoms in total. The van der Waals surface area contributed by atoms with E-state index in [-0.39, 0.29) is 12.3 Å². The molecular formula is C14H25F3N2O. The lowest BCUT2D eigenvalue weighted by atomic mass is 9.70. The summed E-state index contributed by atoms with van der Waals surface area (Å²) in [5.74, 6) is 0.535. The lowest BCUT2D eigenvalue weighted by molar-refractivity contribution is -0.135. The molecular weight excluding hydrogens is 269 g/mol. The average molecular weight is 294 g/mol. The molecule has 1 rings (SSSR count). The van der Waals surface area contributed by atoms with Gasteiger partial charge in [-0.3, -0.25) is 4.79 Å². The number of amides is 1. The summed E-state index contributed by atoms with van der Waals surface area (Å²) < 4.78 is 35.9. The average Bonchev–Trinajstić information content (AvgIpc) is 2.38. The van der Waals surface area contributed by atoms with Crippen LogP contribution in [-0.2, 0) is 4.79 Å². The third-order valence-electron chi connectivity index (χ3n) is 4.28. The smallest absolute Gasteiger partial charge is 0.356 e. The first kappa shape index (κ1) is 17.3. The van der Waals surface area contributed by atoms with Gasteiger partial charge in [-0.25, -0.2) is 0 Å². The molecule has 1 amide bonds. The van der Waals surface area contributed by atoms with Gasteiger partial charge in [0.1, 0.15) is 0 Å². The molecule has 0 radical (unpaired) electrons. The lowest BCUT2D eigenvalue weighted by Gasteiger charge is -2.37. The van der Waals surface area contributed by atoms with Gasteiger partial charge in [0.25, 0.3) is 0 Å². The Bertz CT molecular complexity index is 310. The summed E-state index contributed by atoms with van der Waals surface area (Å²) in [4.78, 5) is 12.2. The highest BCUT2D eigenvalue weighted by Crippen LogP contribution is 2.38. The summed E-state index contributed by atoms with van der Waals surface area (Å²) in [5.41, 5.74) is 5.26. The molecule has 1 saturated carbocycles. The molecule has 0 aromatic heterocycles. The van der Waals surface area contributed by atoms with Crippen LogP contribution in [0.15, 0.2) is 0 Å². The topological polar surface area (TPSA) is 55.1 Å². The van der Waals surface area contributed by atoms with Crippen molar-refractivity contribution < 1.29 is 18.0 Å². The highest BCUT2D eigenvalue weighted by Gasteiger charge is 2.39. The molecule has 0 bridgehead atoms. The first-order chi connectivity index (χ1) is 9.29. The van der Waals surface area contributed by atoms with Crippen LogP contribution >= 0.6 is 0 Å². The normalized spacial score (nSPS) is 27.4. The van der Waals surface area contributed by atoms with E-state index in [4.69, 9.17) is 5.73 Å². The van der Waals surface area contributed by atoms with E-state index in [0.717, 1.165) is 25.7 Å². The van der Waals surface area contributed by atoms with E-state index in [2.05, 4.69) is 12.2 Å². The number of halogens is 3. The van der Waals surface area contributed by atoms with Gasteiger partial charge < -0.3 is 11.1 Å². The molecule has 0 heterocycles. The SMILES string of the molecule is CC1CCC(CN)(C(=O)NCCCCC(F)(F)F)CC1. The third-order valence-corrected chi connectivity index (χ3v) is 4.28. The third kappa shape index (κ3) is 5.31. The molecule has 0 aromatic rings. The minimum Gasteiger partial charge on any atom is -0.356 e. The van der Waals surface area contributed by atoms with Gasteiger partial charge in [0.05, 0.1) is 5.41 Å². The van der Waals surface area contributed by atoms with Crippen molar-refractivity contribution in [3.8, 4) is 0 Å². The van der Waals surface area contributed by atoms with Crippen LogP contribution in [0.1, 0.15) is 51.9 Å². The first-order valence-electron chi connectivity index (χ1n) is 7.34. The molecule has 3 N–H and O–H groups in total.